The lowest BCUT2D eigenvalue weighted by Gasteiger charge is -2.15. The van der Waals surface area contributed by atoms with Gasteiger partial charge in [-0.1, -0.05) is 72.8 Å². The molecule has 0 radical (unpaired) electrons. The first-order chi connectivity index (χ1) is 17.0. The molecule has 0 aromatic heterocycles. The average molecular weight is 473 g/mol. The summed E-state index contributed by atoms with van der Waals surface area (Å²) in [5, 5.41) is 12.2. The Morgan fingerprint density at radius 1 is 0.943 bits per heavy atom. The molecule has 0 heterocycles. The molecule has 180 valence electrons. The molecule has 3 aromatic rings. The van der Waals surface area contributed by atoms with E-state index in [1.54, 1.807) is 6.92 Å². The molecule has 0 unspecified atom stereocenters. The van der Waals surface area contributed by atoms with Crippen LogP contribution >= 0.6 is 0 Å². The number of nitrogens with one attached hydrogen (secondary N) is 1. The Labute approximate surface area is 204 Å². The number of benzene rings is 3. The minimum atomic E-state index is -1.01. The van der Waals surface area contributed by atoms with Crippen LogP contribution in [0.1, 0.15) is 35.1 Å². The normalized spacial score (nSPS) is 13.5. The first-order valence-corrected chi connectivity index (χ1v) is 11.4. The van der Waals surface area contributed by atoms with Gasteiger partial charge in [0.1, 0.15) is 6.61 Å². The zero-order chi connectivity index (χ0) is 24.8. The van der Waals surface area contributed by atoms with E-state index < -0.39 is 18.1 Å². The van der Waals surface area contributed by atoms with E-state index in [4.69, 9.17) is 9.47 Å². The summed E-state index contributed by atoms with van der Waals surface area (Å²) in [4.78, 5) is 27.9. The molecule has 0 spiro atoms. The van der Waals surface area contributed by atoms with Crippen molar-refractivity contribution < 1.29 is 24.2 Å². The second-order valence-electron chi connectivity index (χ2n) is 8.41. The van der Waals surface area contributed by atoms with Gasteiger partial charge in [0.25, 0.3) is 0 Å². The standard InChI is InChI=1S/C28H28N2O5/c1-18(34-2)30-26(27(31)32)15-19-11-13-20(14-12-19)16-29-28(33)35-17-25-23-9-5-3-7-21(23)22-8-4-6-10-24(22)25/h3-14,25-26H,15-17H2,1-2H3,(H,29,33)(H,31,32)/t26-/m0/s1. The molecule has 1 aliphatic carbocycles. The molecule has 1 atom stereocenters. The van der Waals surface area contributed by atoms with Gasteiger partial charge in [-0.2, -0.15) is 0 Å². The number of carboxylic acids is 1. The number of fused-ring (bicyclic) bond motifs is 3. The molecule has 0 aliphatic heterocycles. The summed E-state index contributed by atoms with van der Waals surface area (Å²) in [6, 6.07) is 22.9. The SMILES string of the molecule is COC(C)=N[C@@H](Cc1ccc(CNC(=O)OCC2c3ccccc3-c3ccccc32)cc1)C(=O)O. The summed E-state index contributed by atoms with van der Waals surface area (Å²) in [5.41, 5.74) is 6.42. The van der Waals surface area contributed by atoms with Crippen molar-refractivity contribution in [2.24, 2.45) is 4.99 Å². The van der Waals surface area contributed by atoms with Crippen molar-refractivity contribution in [3.8, 4) is 11.1 Å². The molecule has 35 heavy (non-hydrogen) atoms. The quantitative estimate of drug-likeness (QED) is 0.363. The van der Waals surface area contributed by atoms with Gasteiger partial charge in [0, 0.05) is 25.8 Å². The summed E-state index contributed by atoms with van der Waals surface area (Å²) in [6.45, 7) is 2.19. The molecule has 7 heteroatoms. The maximum Gasteiger partial charge on any atom is 0.407 e. The maximum absolute atomic E-state index is 12.4. The third-order valence-electron chi connectivity index (χ3n) is 6.15. The third kappa shape index (κ3) is 5.69. The van der Waals surface area contributed by atoms with E-state index >= 15 is 0 Å². The average Bonchev–Trinajstić information content (AvgIpc) is 3.20. The molecule has 3 aromatic carbocycles. The number of carboxylic acid groups (broad SMARTS) is 1. The topological polar surface area (TPSA) is 97.2 Å². The fraction of sp³-hybridized carbons (Fsp3) is 0.250. The molecule has 0 bridgehead atoms. The van der Waals surface area contributed by atoms with Crippen LogP contribution in [0, 0.1) is 0 Å². The van der Waals surface area contributed by atoms with Gasteiger partial charge in [-0.25, -0.2) is 14.6 Å². The van der Waals surface area contributed by atoms with Crippen molar-refractivity contribution in [1.29, 1.82) is 0 Å². The van der Waals surface area contributed by atoms with Crippen molar-refractivity contribution in [2.45, 2.75) is 31.8 Å². The lowest BCUT2D eigenvalue weighted by atomic mass is 9.98. The fourth-order valence-electron chi connectivity index (χ4n) is 4.30. The molecule has 4 rings (SSSR count). The number of carbonyl (C=O) groups excluding carboxylic acids is 1. The molecule has 1 amide bonds. The Bertz CT molecular complexity index is 1190. The zero-order valence-electron chi connectivity index (χ0n) is 19.7. The van der Waals surface area contributed by atoms with Crippen molar-refractivity contribution in [3.63, 3.8) is 0 Å². The van der Waals surface area contributed by atoms with Gasteiger partial charge in [0.2, 0.25) is 0 Å². The van der Waals surface area contributed by atoms with E-state index in [9.17, 15) is 14.7 Å². The lowest BCUT2D eigenvalue weighted by molar-refractivity contribution is -0.138. The van der Waals surface area contributed by atoms with Crippen molar-refractivity contribution in [1.82, 2.24) is 5.32 Å². The number of amides is 1. The van der Waals surface area contributed by atoms with Gasteiger partial charge in [-0.05, 0) is 33.4 Å². The highest BCUT2D eigenvalue weighted by atomic mass is 16.5. The molecular formula is C28H28N2O5. The fourth-order valence-corrected chi connectivity index (χ4v) is 4.30. The Balaban J connectivity index is 1.31. The van der Waals surface area contributed by atoms with E-state index in [2.05, 4.69) is 34.6 Å². The predicted molar refractivity (Wildman–Crippen MR) is 134 cm³/mol. The second kappa shape index (κ2) is 10.9. The van der Waals surface area contributed by atoms with Crippen LogP contribution in [0.25, 0.3) is 11.1 Å². The number of alkyl carbamates (subject to hydrolysis) is 1. The molecule has 0 fully saturated rings. The first kappa shape index (κ1) is 24.0. The van der Waals surface area contributed by atoms with Crippen LogP contribution in [-0.2, 0) is 27.2 Å². The van der Waals surface area contributed by atoms with Crippen LogP contribution in [-0.4, -0.2) is 42.8 Å². The number of ether oxygens (including phenoxy) is 2. The van der Waals surface area contributed by atoms with Crippen LogP contribution in [0.15, 0.2) is 77.8 Å². The zero-order valence-corrected chi connectivity index (χ0v) is 19.7. The van der Waals surface area contributed by atoms with Gasteiger partial charge in [-0.15, -0.1) is 0 Å². The highest BCUT2D eigenvalue weighted by molar-refractivity contribution is 5.81. The van der Waals surface area contributed by atoms with E-state index in [-0.39, 0.29) is 18.9 Å². The summed E-state index contributed by atoms with van der Waals surface area (Å²) in [5.74, 6) is -0.678. The number of hydrogen-bond donors (Lipinski definition) is 2. The lowest BCUT2D eigenvalue weighted by Crippen LogP contribution is -2.25. The van der Waals surface area contributed by atoms with E-state index in [0.29, 0.717) is 12.4 Å². The highest BCUT2D eigenvalue weighted by Crippen LogP contribution is 2.44. The van der Waals surface area contributed by atoms with Gasteiger partial charge in [0.15, 0.2) is 11.9 Å². The molecule has 7 nitrogen and oxygen atoms in total. The van der Waals surface area contributed by atoms with Crippen molar-refractivity contribution in [3.05, 3.63) is 95.1 Å². The number of nitrogens with zero attached hydrogens (tertiary/aromatic N) is 1. The van der Waals surface area contributed by atoms with Crippen LogP contribution < -0.4 is 5.32 Å². The van der Waals surface area contributed by atoms with E-state index in [1.807, 2.05) is 48.5 Å². The number of carbonyl (C=O) groups is 2. The number of methoxy groups -OCH3 is 1. The third-order valence-corrected chi connectivity index (χ3v) is 6.15. The van der Waals surface area contributed by atoms with Gasteiger partial charge >= 0.3 is 12.1 Å². The highest BCUT2D eigenvalue weighted by Gasteiger charge is 2.29. The first-order valence-electron chi connectivity index (χ1n) is 11.4. The summed E-state index contributed by atoms with van der Waals surface area (Å²) in [7, 11) is 1.45. The van der Waals surface area contributed by atoms with E-state index in [1.165, 1.54) is 29.4 Å². The number of aliphatic carboxylic acids is 1. The largest absolute Gasteiger partial charge is 0.484 e. The Kier molecular flexibility index (Phi) is 7.45. The molecule has 0 saturated carbocycles. The molecule has 2 N–H and O–H groups in total. The van der Waals surface area contributed by atoms with Gasteiger partial charge in [-0.3, -0.25) is 0 Å². The van der Waals surface area contributed by atoms with Crippen LogP contribution in [0.2, 0.25) is 0 Å². The number of aliphatic imine (C=N–C) groups is 1. The molecule has 0 saturated heterocycles. The van der Waals surface area contributed by atoms with Crippen LogP contribution in [0.5, 0.6) is 0 Å². The van der Waals surface area contributed by atoms with Crippen molar-refractivity contribution in [2.75, 3.05) is 13.7 Å². The maximum atomic E-state index is 12.4. The summed E-state index contributed by atoms with van der Waals surface area (Å²) < 4.78 is 10.5. The summed E-state index contributed by atoms with van der Waals surface area (Å²) in [6.07, 6.45) is -0.234. The monoisotopic (exact) mass is 472 g/mol. The Morgan fingerprint density at radius 3 is 2.09 bits per heavy atom. The van der Waals surface area contributed by atoms with E-state index in [0.717, 1.165) is 11.1 Å². The summed E-state index contributed by atoms with van der Waals surface area (Å²) >= 11 is 0. The predicted octanol–water partition coefficient (Wildman–Crippen LogP) is 4.79. The van der Waals surface area contributed by atoms with Crippen LogP contribution in [0.4, 0.5) is 4.79 Å². The Morgan fingerprint density at radius 2 is 1.51 bits per heavy atom. The van der Waals surface area contributed by atoms with Gasteiger partial charge < -0.3 is 19.9 Å². The molecule has 1 aliphatic rings. The Hall–Kier alpha value is -4.13. The minimum Gasteiger partial charge on any atom is -0.484 e. The minimum absolute atomic E-state index is 0.0130. The molecular weight excluding hydrogens is 444 g/mol. The van der Waals surface area contributed by atoms with Gasteiger partial charge in [0.05, 0.1) is 7.11 Å². The van der Waals surface area contributed by atoms with Crippen molar-refractivity contribution >= 4 is 18.0 Å². The smallest absolute Gasteiger partial charge is 0.407 e. The second-order valence-corrected chi connectivity index (χ2v) is 8.41. The number of rotatable bonds is 8. The van der Waals surface area contributed by atoms with Crippen LogP contribution in [0.3, 0.4) is 0 Å². The number of hydrogen-bond acceptors (Lipinski definition) is 5.